The fraction of sp³-hybridized carbons (Fsp3) is 0.100. The Hall–Kier alpha value is -1.35. The molecule has 1 aromatic carbocycles. The smallest absolute Gasteiger partial charge is 0.243 e. The van der Waals surface area contributed by atoms with Crippen molar-refractivity contribution in [3.8, 4) is 0 Å². The van der Waals surface area contributed by atoms with Gasteiger partial charge in [-0.25, -0.2) is 4.39 Å². The van der Waals surface area contributed by atoms with Crippen molar-refractivity contribution in [1.82, 2.24) is 5.32 Å². The molecule has 14 heavy (non-hydrogen) atoms. The van der Waals surface area contributed by atoms with Crippen LogP contribution in [0.5, 0.6) is 0 Å². The Morgan fingerprint density at radius 1 is 1.57 bits per heavy atom. The summed E-state index contributed by atoms with van der Waals surface area (Å²) in [4.78, 5) is 10.8. The molecular formula is C10H9ClFNO. The van der Waals surface area contributed by atoms with Crippen LogP contribution in [0.25, 0.3) is 6.08 Å². The van der Waals surface area contributed by atoms with Gasteiger partial charge in [-0.05, 0) is 18.2 Å². The molecule has 0 fully saturated rings. The van der Waals surface area contributed by atoms with Gasteiger partial charge in [0.15, 0.2) is 0 Å². The number of hydrogen-bond acceptors (Lipinski definition) is 1. The van der Waals surface area contributed by atoms with Gasteiger partial charge in [0, 0.05) is 18.7 Å². The van der Waals surface area contributed by atoms with Crippen LogP contribution in [0.2, 0.25) is 5.02 Å². The molecule has 0 heterocycles. The van der Waals surface area contributed by atoms with E-state index < -0.39 is 5.82 Å². The van der Waals surface area contributed by atoms with E-state index >= 15 is 0 Å². The van der Waals surface area contributed by atoms with Gasteiger partial charge in [0.1, 0.15) is 5.82 Å². The minimum absolute atomic E-state index is 0.220. The Kier molecular flexibility index (Phi) is 3.65. The molecule has 0 bridgehead atoms. The zero-order chi connectivity index (χ0) is 10.6. The molecule has 74 valence electrons. The fourth-order valence-corrected chi connectivity index (χ4v) is 1.14. The second kappa shape index (κ2) is 4.77. The van der Waals surface area contributed by atoms with E-state index in [1.807, 2.05) is 0 Å². The monoisotopic (exact) mass is 213 g/mol. The summed E-state index contributed by atoms with van der Waals surface area (Å²) < 4.78 is 13.1. The zero-order valence-electron chi connectivity index (χ0n) is 7.55. The van der Waals surface area contributed by atoms with Crippen LogP contribution < -0.4 is 5.32 Å². The molecule has 1 rings (SSSR count). The standard InChI is InChI=1S/C10H9ClFNO/c1-13-10(14)6-5-7-8(11)3-2-4-9(7)12/h2-6H,1H3,(H,13,14). The Labute approximate surface area is 86.4 Å². The molecule has 0 radical (unpaired) electrons. The number of likely N-dealkylation sites (N-methyl/N-ethyl adjacent to an activating group) is 1. The number of amides is 1. The van der Waals surface area contributed by atoms with Gasteiger partial charge in [-0.15, -0.1) is 0 Å². The molecule has 0 unspecified atom stereocenters. The van der Waals surface area contributed by atoms with Crippen molar-refractivity contribution in [3.05, 3.63) is 40.7 Å². The molecule has 4 heteroatoms. The summed E-state index contributed by atoms with van der Waals surface area (Å²) in [5.41, 5.74) is 0.220. The third-order valence-electron chi connectivity index (χ3n) is 1.65. The molecule has 1 aromatic rings. The highest BCUT2D eigenvalue weighted by Crippen LogP contribution is 2.19. The van der Waals surface area contributed by atoms with Gasteiger partial charge >= 0.3 is 0 Å². The molecule has 0 aliphatic heterocycles. The first kappa shape index (κ1) is 10.7. The quantitative estimate of drug-likeness (QED) is 0.750. The van der Waals surface area contributed by atoms with Crippen LogP contribution >= 0.6 is 11.6 Å². The lowest BCUT2D eigenvalue weighted by Crippen LogP contribution is -2.13. The first-order chi connectivity index (χ1) is 6.65. The highest BCUT2D eigenvalue weighted by molar-refractivity contribution is 6.32. The van der Waals surface area contributed by atoms with E-state index in [9.17, 15) is 9.18 Å². The van der Waals surface area contributed by atoms with Crippen LogP contribution in [0.1, 0.15) is 5.56 Å². The predicted octanol–water partition coefficient (Wildman–Crippen LogP) is 2.24. The van der Waals surface area contributed by atoms with Gasteiger partial charge < -0.3 is 5.32 Å². The SMILES string of the molecule is CNC(=O)C=Cc1c(F)cccc1Cl. The molecule has 0 atom stereocenters. The highest BCUT2D eigenvalue weighted by Gasteiger charge is 2.02. The largest absolute Gasteiger partial charge is 0.356 e. The van der Waals surface area contributed by atoms with E-state index in [0.717, 1.165) is 0 Å². The maximum atomic E-state index is 13.1. The third kappa shape index (κ3) is 2.57. The van der Waals surface area contributed by atoms with E-state index in [-0.39, 0.29) is 16.5 Å². The first-order valence-electron chi connectivity index (χ1n) is 3.99. The maximum Gasteiger partial charge on any atom is 0.243 e. The molecule has 0 saturated carbocycles. The zero-order valence-corrected chi connectivity index (χ0v) is 8.31. The molecule has 0 aliphatic carbocycles. The number of benzene rings is 1. The molecule has 0 aliphatic rings. The Morgan fingerprint density at radius 3 is 2.86 bits per heavy atom. The van der Waals surface area contributed by atoms with E-state index in [1.54, 1.807) is 6.07 Å². The number of carbonyl (C=O) groups is 1. The van der Waals surface area contributed by atoms with Gasteiger partial charge in [-0.3, -0.25) is 4.79 Å². The summed E-state index contributed by atoms with van der Waals surface area (Å²) in [6.07, 6.45) is 2.57. The van der Waals surface area contributed by atoms with Crippen molar-refractivity contribution in [2.24, 2.45) is 0 Å². The first-order valence-corrected chi connectivity index (χ1v) is 4.36. The van der Waals surface area contributed by atoms with Crippen LogP contribution in [-0.2, 0) is 4.79 Å². The molecule has 0 saturated heterocycles. The summed E-state index contributed by atoms with van der Waals surface area (Å²) in [5, 5.41) is 2.67. The molecule has 0 aromatic heterocycles. The molecule has 0 spiro atoms. The minimum Gasteiger partial charge on any atom is -0.356 e. The molecule has 1 amide bonds. The summed E-state index contributed by atoms with van der Waals surface area (Å²) in [6, 6.07) is 4.36. The normalized spacial score (nSPS) is 10.5. The van der Waals surface area contributed by atoms with Crippen molar-refractivity contribution >= 4 is 23.6 Å². The second-order valence-corrected chi connectivity index (χ2v) is 2.99. The topological polar surface area (TPSA) is 29.1 Å². The number of hydrogen-bond donors (Lipinski definition) is 1. The van der Waals surface area contributed by atoms with Gasteiger partial charge in [-0.1, -0.05) is 17.7 Å². The Morgan fingerprint density at radius 2 is 2.29 bits per heavy atom. The number of halogens is 2. The summed E-state index contributed by atoms with van der Waals surface area (Å²) in [6.45, 7) is 0. The van der Waals surface area contributed by atoms with Crippen molar-refractivity contribution < 1.29 is 9.18 Å². The number of carbonyl (C=O) groups excluding carboxylic acids is 1. The minimum atomic E-state index is -0.447. The average Bonchev–Trinajstić information content (AvgIpc) is 2.16. The molecule has 2 nitrogen and oxygen atoms in total. The summed E-state index contributed by atoms with van der Waals surface area (Å²) in [5.74, 6) is -0.748. The van der Waals surface area contributed by atoms with Crippen LogP contribution in [-0.4, -0.2) is 13.0 Å². The average molecular weight is 214 g/mol. The maximum absolute atomic E-state index is 13.1. The van der Waals surface area contributed by atoms with Gasteiger partial charge in [0.2, 0.25) is 5.91 Å². The van der Waals surface area contributed by atoms with Gasteiger partial charge in [0.05, 0.1) is 5.02 Å². The lowest BCUT2D eigenvalue weighted by atomic mass is 10.2. The Balaban J connectivity index is 2.96. The van der Waals surface area contributed by atoms with Crippen molar-refractivity contribution in [3.63, 3.8) is 0 Å². The number of rotatable bonds is 2. The molecular weight excluding hydrogens is 205 g/mol. The molecule has 1 N–H and O–H groups in total. The Bertz CT molecular complexity index is 356. The van der Waals surface area contributed by atoms with Crippen LogP contribution in [0.3, 0.4) is 0 Å². The number of nitrogens with one attached hydrogen (secondary N) is 1. The third-order valence-corrected chi connectivity index (χ3v) is 1.98. The summed E-state index contributed by atoms with van der Waals surface area (Å²) >= 11 is 5.73. The van der Waals surface area contributed by atoms with E-state index in [1.165, 1.54) is 31.3 Å². The highest BCUT2D eigenvalue weighted by atomic mass is 35.5. The van der Waals surface area contributed by atoms with Crippen LogP contribution in [0.15, 0.2) is 24.3 Å². The van der Waals surface area contributed by atoms with Crippen molar-refractivity contribution in [2.75, 3.05) is 7.05 Å². The van der Waals surface area contributed by atoms with Gasteiger partial charge in [0.25, 0.3) is 0 Å². The van der Waals surface area contributed by atoms with Crippen molar-refractivity contribution in [1.29, 1.82) is 0 Å². The van der Waals surface area contributed by atoms with Crippen LogP contribution in [0, 0.1) is 5.82 Å². The van der Waals surface area contributed by atoms with Crippen LogP contribution in [0.4, 0.5) is 4.39 Å². The lowest BCUT2D eigenvalue weighted by Gasteiger charge is -1.98. The van der Waals surface area contributed by atoms with E-state index in [4.69, 9.17) is 11.6 Å². The van der Waals surface area contributed by atoms with E-state index in [0.29, 0.717) is 0 Å². The summed E-state index contributed by atoms with van der Waals surface area (Å²) in [7, 11) is 1.50. The fourth-order valence-electron chi connectivity index (χ4n) is 0.912. The van der Waals surface area contributed by atoms with Gasteiger partial charge in [-0.2, -0.15) is 0 Å². The van der Waals surface area contributed by atoms with Crippen molar-refractivity contribution in [2.45, 2.75) is 0 Å². The lowest BCUT2D eigenvalue weighted by molar-refractivity contribution is -0.115. The second-order valence-electron chi connectivity index (χ2n) is 2.58. The van der Waals surface area contributed by atoms with E-state index in [2.05, 4.69) is 5.32 Å². The predicted molar refractivity (Wildman–Crippen MR) is 54.5 cm³/mol.